The third kappa shape index (κ3) is 6.46. The second kappa shape index (κ2) is 8.88. The van der Waals surface area contributed by atoms with Gasteiger partial charge in [-0.25, -0.2) is 9.59 Å². The number of rotatable bonds is 7. The van der Waals surface area contributed by atoms with Crippen LogP contribution in [-0.2, 0) is 30.3 Å². The van der Waals surface area contributed by atoms with Crippen molar-refractivity contribution >= 4 is 17.7 Å². The van der Waals surface area contributed by atoms with E-state index in [4.69, 9.17) is 9.47 Å². The average Bonchev–Trinajstić information content (AvgIpc) is 3.05. The summed E-state index contributed by atoms with van der Waals surface area (Å²) in [5.41, 5.74) is 0.865. The van der Waals surface area contributed by atoms with E-state index in [1.54, 1.807) is 0 Å². The third-order valence-corrected chi connectivity index (χ3v) is 3.56. The van der Waals surface area contributed by atoms with E-state index in [9.17, 15) is 14.4 Å². The Hall–Kier alpha value is -2.43. The van der Waals surface area contributed by atoms with Crippen LogP contribution in [0.5, 0.6) is 0 Å². The summed E-state index contributed by atoms with van der Waals surface area (Å²) in [6.45, 7) is -0.310. The fourth-order valence-corrected chi connectivity index (χ4v) is 2.42. The largest absolute Gasteiger partial charge is 0.459 e. The van der Waals surface area contributed by atoms with Gasteiger partial charge in [-0.05, 0) is 31.2 Å². The Bertz CT molecular complexity index is 570. The zero-order valence-corrected chi connectivity index (χ0v) is 12.9. The number of Topliss-reactive ketones (excluding diaryl/α,β-unsaturated/α-hetero) is 1. The first kappa shape index (κ1) is 16.9. The summed E-state index contributed by atoms with van der Waals surface area (Å²) in [6, 6.07) is 9.21. The molecule has 0 amide bonds. The van der Waals surface area contributed by atoms with E-state index in [0.717, 1.165) is 43.4 Å². The van der Waals surface area contributed by atoms with Crippen LogP contribution < -0.4 is 0 Å². The van der Waals surface area contributed by atoms with Crippen LogP contribution in [0.4, 0.5) is 0 Å². The number of carbonyl (C=O) groups excluding carboxylic acids is 3. The van der Waals surface area contributed by atoms with E-state index in [0.29, 0.717) is 0 Å². The number of carbonyl (C=O) groups is 3. The lowest BCUT2D eigenvalue weighted by atomic mass is 10.1. The number of hydrogen-bond donors (Lipinski definition) is 0. The molecule has 122 valence electrons. The highest BCUT2D eigenvalue weighted by atomic mass is 16.5. The summed E-state index contributed by atoms with van der Waals surface area (Å²) in [7, 11) is 0. The van der Waals surface area contributed by atoms with E-state index in [2.05, 4.69) is 0 Å². The summed E-state index contributed by atoms with van der Waals surface area (Å²) >= 11 is 0. The summed E-state index contributed by atoms with van der Waals surface area (Å²) < 4.78 is 9.98. The summed E-state index contributed by atoms with van der Waals surface area (Å²) in [6.07, 6.45) is 6.07. The van der Waals surface area contributed by atoms with Gasteiger partial charge in [-0.1, -0.05) is 30.3 Å². The molecule has 0 N–H and O–H groups in total. The number of esters is 2. The summed E-state index contributed by atoms with van der Waals surface area (Å²) in [5, 5.41) is 0. The number of hydrogen-bond acceptors (Lipinski definition) is 5. The molecule has 5 heteroatoms. The number of ether oxygens (including phenoxy) is 2. The Balaban J connectivity index is 1.66. The lowest BCUT2D eigenvalue weighted by molar-refractivity contribution is -0.144. The summed E-state index contributed by atoms with van der Waals surface area (Å²) in [4.78, 5) is 34.7. The predicted octanol–water partition coefficient (Wildman–Crippen LogP) is 2.38. The van der Waals surface area contributed by atoms with Gasteiger partial charge in [0.2, 0.25) is 0 Å². The fourth-order valence-electron chi connectivity index (χ4n) is 2.42. The molecule has 1 saturated carbocycles. The average molecular weight is 316 g/mol. The van der Waals surface area contributed by atoms with Crippen molar-refractivity contribution in [2.24, 2.45) is 0 Å². The number of ketones is 1. The lowest BCUT2D eigenvalue weighted by Gasteiger charge is -2.08. The molecule has 1 aliphatic carbocycles. The molecule has 0 atom stereocenters. The van der Waals surface area contributed by atoms with Crippen molar-refractivity contribution in [3.05, 3.63) is 48.0 Å². The molecule has 0 aliphatic heterocycles. The van der Waals surface area contributed by atoms with Crippen LogP contribution in [-0.4, -0.2) is 30.4 Å². The SMILES string of the molecule is O=C(COC(=O)/C=C/C(=O)OC1CCCC1)Cc1ccccc1. The van der Waals surface area contributed by atoms with Gasteiger partial charge in [0.25, 0.3) is 0 Å². The molecule has 0 aromatic heterocycles. The van der Waals surface area contributed by atoms with Crippen LogP contribution in [0.15, 0.2) is 42.5 Å². The monoisotopic (exact) mass is 316 g/mol. The van der Waals surface area contributed by atoms with E-state index >= 15 is 0 Å². The first-order valence-electron chi connectivity index (χ1n) is 7.74. The quantitative estimate of drug-likeness (QED) is 0.570. The second-order valence-electron chi connectivity index (χ2n) is 5.49. The Morgan fingerprint density at radius 1 is 1.00 bits per heavy atom. The molecule has 1 fully saturated rings. The van der Waals surface area contributed by atoms with Crippen molar-refractivity contribution in [1.29, 1.82) is 0 Å². The zero-order chi connectivity index (χ0) is 16.5. The molecule has 1 aliphatic rings. The third-order valence-electron chi connectivity index (χ3n) is 3.56. The predicted molar refractivity (Wildman–Crippen MR) is 83.6 cm³/mol. The van der Waals surface area contributed by atoms with Gasteiger partial charge in [-0.2, -0.15) is 0 Å². The van der Waals surface area contributed by atoms with E-state index in [1.165, 1.54) is 0 Å². The van der Waals surface area contributed by atoms with Crippen molar-refractivity contribution < 1.29 is 23.9 Å². The minimum atomic E-state index is -0.727. The molecule has 0 saturated heterocycles. The normalized spacial score (nSPS) is 14.8. The zero-order valence-electron chi connectivity index (χ0n) is 12.9. The van der Waals surface area contributed by atoms with Gasteiger partial charge in [0.15, 0.2) is 12.4 Å². The van der Waals surface area contributed by atoms with E-state index < -0.39 is 11.9 Å². The van der Waals surface area contributed by atoms with Crippen molar-refractivity contribution in [3.8, 4) is 0 Å². The standard InChI is InChI=1S/C18H20O5/c19-15(12-14-6-2-1-3-7-14)13-22-17(20)10-11-18(21)23-16-8-4-5-9-16/h1-3,6-7,10-11,16H,4-5,8-9,12-13H2/b11-10+. The number of benzene rings is 1. The maximum atomic E-state index is 11.7. The highest BCUT2D eigenvalue weighted by Crippen LogP contribution is 2.20. The van der Waals surface area contributed by atoms with Gasteiger partial charge in [-0.15, -0.1) is 0 Å². The van der Waals surface area contributed by atoms with Crippen LogP contribution in [0.25, 0.3) is 0 Å². The fraction of sp³-hybridized carbons (Fsp3) is 0.389. The first-order chi connectivity index (χ1) is 11.1. The van der Waals surface area contributed by atoms with Gasteiger partial charge in [0.1, 0.15) is 6.10 Å². The van der Waals surface area contributed by atoms with E-state index in [-0.39, 0.29) is 24.9 Å². The Labute approximate surface area is 135 Å². The lowest BCUT2D eigenvalue weighted by Crippen LogP contribution is -2.15. The molecule has 0 bridgehead atoms. The molecular formula is C18H20O5. The van der Waals surface area contributed by atoms with Crippen LogP contribution in [0.3, 0.4) is 0 Å². The van der Waals surface area contributed by atoms with E-state index in [1.807, 2.05) is 30.3 Å². The van der Waals surface area contributed by atoms with Crippen molar-refractivity contribution in [3.63, 3.8) is 0 Å². The molecule has 23 heavy (non-hydrogen) atoms. The molecular weight excluding hydrogens is 296 g/mol. The first-order valence-corrected chi connectivity index (χ1v) is 7.74. The van der Waals surface area contributed by atoms with Gasteiger partial charge in [0, 0.05) is 18.6 Å². The molecule has 1 aromatic carbocycles. The second-order valence-corrected chi connectivity index (χ2v) is 5.49. The molecule has 2 rings (SSSR count). The van der Waals surface area contributed by atoms with Crippen molar-refractivity contribution in [2.75, 3.05) is 6.61 Å². The molecule has 0 radical (unpaired) electrons. The Morgan fingerprint density at radius 3 is 2.35 bits per heavy atom. The molecule has 0 spiro atoms. The van der Waals surface area contributed by atoms with Gasteiger partial charge in [-0.3, -0.25) is 4.79 Å². The maximum Gasteiger partial charge on any atom is 0.331 e. The molecule has 0 heterocycles. The Morgan fingerprint density at radius 2 is 1.65 bits per heavy atom. The van der Waals surface area contributed by atoms with Crippen LogP contribution in [0, 0.1) is 0 Å². The minimum Gasteiger partial charge on any atom is -0.459 e. The minimum absolute atomic E-state index is 0.0457. The highest BCUT2D eigenvalue weighted by molar-refractivity contribution is 5.93. The molecule has 0 unspecified atom stereocenters. The van der Waals surface area contributed by atoms with Crippen LogP contribution >= 0.6 is 0 Å². The van der Waals surface area contributed by atoms with Gasteiger partial charge >= 0.3 is 11.9 Å². The maximum absolute atomic E-state index is 11.7. The van der Waals surface area contributed by atoms with Gasteiger partial charge < -0.3 is 9.47 Å². The molecule has 5 nitrogen and oxygen atoms in total. The van der Waals surface area contributed by atoms with Crippen molar-refractivity contribution in [1.82, 2.24) is 0 Å². The van der Waals surface area contributed by atoms with Crippen molar-refractivity contribution in [2.45, 2.75) is 38.2 Å². The highest BCUT2D eigenvalue weighted by Gasteiger charge is 2.18. The van der Waals surface area contributed by atoms with Crippen LogP contribution in [0.1, 0.15) is 31.2 Å². The summed E-state index contributed by atoms with van der Waals surface area (Å²) in [5.74, 6) is -1.48. The smallest absolute Gasteiger partial charge is 0.331 e. The Kier molecular flexibility index (Phi) is 6.54. The topological polar surface area (TPSA) is 69.7 Å². The van der Waals surface area contributed by atoms with Gasteiger partial charge in [0.05, 0.1) is 0 Å². The molecule has 1 aromatic rings. The van der Waals surface area contributed by atoms with Crippen LogP contribution in [0.2, 0.25) is 0 Å².